The highest BCUT2D eigenvalue weighted by Gasteiger charge is 2.17. The van der Waals surface area contributed by atoms with Crippen LogP contribution in [0, 0.1) is 11.8 Å². The van der Waals surface area contributed by atoms with Crippen LogP contribution in [0.5, 0.6) is 0 Å². The van der Waals surface area contributed by atoms with Crippen LogP contribution < -0.4 is 5.32 Å². The highest BCUT2D eigenvalue weighted by Crippen LogP contribution is 2.13. The first-order valence-electron chi connectivity index (χ1n) is 8.18. The number of benzene rings is 1. The number of hydrogen-bond donors (Lipinski definition) is 1. The molecule has 5 nitrogen and oxygen atoms in total. The molecule has 5 heteroatoms. The molecule has 24 heavy (non-hydrogen) atoms. The molecule has 0 bridgehead atoms. The maximum absolute atomic E-state index is 11.5. The molecule has 2 aromatic rings. The van der Waals surface area contributed by atoms with Crippen LogP contribution >= 0.6 is 0 Å². The monoisotopic (exact) mass is 321 g/mol. The van der Waals surface area contributed by atoms with Crippen molar-refractivity contribution in [1.82, 2.24) is 14.8 Å². The average molecular weight is 321 g/mol. The van der Waals surface area contributed by atoms with E-state index in [0.29, 0.717) is 6.54 Å². The van der Waals surface area contributed by atoms with Crippen molar-refractivity contribution in [3.63, 3.8) is 0 Å². The van der Waals surface area contributed by atoms with Crippen molar-refractivity contribution >= 4 is 6.03 Å². The topological polar surface area (TPSA) is 46.5 Å². The van der Waals surface area contributed by atoms with Gasteiger partial charge in [0.1, 0.15) is 0 Å². The highest BCUT2D eigenvalue weighted by atomic mass is 16.5. The van der Waals surface area contributed by atoms with Crippen LogP contribution in [-0.4, -0.2) is 41.8 Å². The first kappa shape index (κ1) is 15.0. The minimum absolute atomic E-state index is 0.0782. The molecule has 1 aromatic carbocycles. The van der Waals surface area contributed by atoms with Crippen molar-refractivity contribution < 1.29 is 9.53 Å². The Morgan fingerprint density at radius 1 is 1.08 bits per heavy atom. The van der Waals surface area contributed by atoms with E-state index in [9.17, 15) is 4.79 Å². The SMILES string of the molecule is O=C1NCc2cc(C#Cc3ccc(CN4CCOCC4)cc3)cn21. The van der Waals surface area contributed by atoms with Crippen molar-refractivity contribution in [2.24, 2.45) is 0 Å². The third kappa shape index (κ3) is 3.21. The van der Waals surface area contributed by atoms with Crippen LogP contribution in [-0.2, 0) is 17.8 Å². The highest BCUT2D eigenvalue weighted by molar-refractivity contribution is 5.80. The average Bonchev–Trinajstić information content (AvgIpc) is 3.17. The Morgan fingerprint density at radius 3 is 2.58 bits per heavy atom. The predicted octanol–water partition coefficient (Wildman–Crippen LogP) is 1.79. The fraction of sp³-hybridized carbons (Fsp3) is 0.316. The first-order chi connectivity index (χ1) is 11.8. The van der Waals surface area contributed by atoms with Crippen molar-refractivity contribution in [1.29, 1.82) is 0 Å². The Kier molecular flexibility index (Phi) is 4.08. The summed E-state index contributed by atoms with van der Waals surface area (Å²) in [5.41, 5.74) is 4.11. The second-order valence-electron chi connectivity index (χ2n) is 6.08. The molecule has 1 fully saturated rings. The smallest absolute Gasteiger partial charge is 0.326 e. The lowest BCUT2D eigenvalue weighted by Crippen LogP contribution is -2.35. The van der Waals surface area contributed by atoms with Gasteiger partial charge in [0.25, 0.3) is 0 Å². The number of nitrogens with zero attached hydrogens (tertiary/aromatic N) is 2. The van der Waals surface area contributed by atoms with Gasteiger partial charge in [-0.15, -0.1) is 0 Å². The third-order valence-electron chi connectivity index (χ3n) is 4.35. The fourth-order valence-electron chi connectivity index (χ4n) is 3.01. The quantitative estimate of drug-likeness (QED) is 0.858. The Balaban J connectivity index is 1.42. The van der Waals surface area contributed by atoms with E-state index >= 15 is 0 Å². The number of fused-ring (bicyclic) bond motifs is 1. The second kappa shape index (κ2) is 6.52. The van der Waals surface area contributed by atoms with E-state index in [1.807, 2.05) is 6.07 Å². The lowest BCUT2D eigenvalue weighted by atomic mass is 10.1. The molecule has 2 aliphatic heterocycles. The molecular formula is C19H19N3O2. The largest absolute Gasteiger partial charge is 0.379 e. The van der Waals surface area contributed by atoms with Gasteiger partial charge >= 0.3 is 6.03 Å². The molecule has 1 N–H and O–H groups in total. The fourth-order valence-corrected chi connectivity index (χ4v) is 3.01. The number of nitrogens with one attached hydrogen (secondary N) is 1. The van der Waals surface area contributed by atoms with Crippen LogP contribution in [0.4, 0.5) is 4.79 Å². The molecule has 1 saturated heterocycles. The molecule has 0 atom stereocenters. The van der Waals surface area contributed by atoms with Gasteiger partial charge in [-0.1, -0.05) is 24.0 Å². The third-order valence-corrected chi connectivity index (χ3v) is 4.35. The molecular weight excluding hydrogens is 302 g/mol. The number of carbonyl (C=O) groups is 1. The van der Waals surface area contributed by atoms with Crippen LogP contribution in [0.25, 0.3) is 0 Å². The summed E-state index contributed by atoms with van der Waals surface area (Å²) in [6.07, 6.45) is 1.79. The Labute approximate surface area is 141 Å². The molecule has 0 aliphatic carbocycles. The predicted molar refractivity (Wildman–Crippen MR) is 90.6 cm³/mol. The zero-order valence-electron chi connectivity index (χ0n) is 13.4. The summed E-state index contributed by atoms with van der Waals surface area (Å²) >= 11 is 0. The normalized spacial score (nSPS) is 17.1. The van der Waals surface area contributed by atoms with E-state index in [1.165, 1.54) is 5.56 Å². The van der Waals surface area contributed by atoms with Gasteiger partial charge in [0.2, 0.25) is 0 Å². The minimum atomic E-state index is -0.0782. The summed E-state index contributed by atoms with van der Waals surface area (Å²) in [7, 11) is 0. The summed E-state index contributed by atoms with van der Waals surface area (Å²) in [6.45, 7) is 5.17. The number of amides is 1. The van der Waals surface area contributed by atoms with Gasteiger partial charge in [0.05, 0.1) is 19.8 Å². The Hall–Kier alpha value is -2.55. The molecule has 3 heterocycles. The van der Waals surface area contributed by atoms with E-state index in [1.54, 1.807) is 10.8 Å². The molecule has 122 valence electrons. The van der Waals surface area contributed by atoms with Gasteiger partial charge in [0, 0.05) is 42.7 Å². The van der Waals surface area contributed by atoms with E-state index in [4.69, 9.17) is 4.74 Å². The number of ether oxygens (including phenoxy) is 1. The van der Waals surface area contributed by atoms with Gasteiger partial charge < -0.3 is 10.1 Å². The first-order valence-corrected chi connectivity index (χ1v) is 8.18. The van der Waals surface area contributed by atoms with Crippen LogP contribution in [0.1, 0.15) is 22.4 Å². The summed E-state index contributed by atoms with van der Waals surface area (Å²) < 4.78 is 6.99. The molecule has 0 unspecified atom stereocenters. The maximum atomic E-state index is 11.5. The van der Waals surface area contributed by atoms with Crippen molar-refractivity contribution in [2.45, 2.75) is 13.1 Å². The van der Waals surface area contributed by atoms with E-state index < -0.39 is 0 Å². The Morgan fingerprint density at radius 2 is 1.83 bits per heavy atom. The van der Waals surface area contributed by atoms with Crippen LogP contribution in [0.3, 0.4) is 0 Å². The minimum Gasteiger partial charge on any atom is -0.379 e. The lowest BCUT2D eigenvalue weighted by Gasteiger charge is -2.26. The lowest BCUT2D eigenvalue weighted by molar-refractivity contribution is 0.0342. The summed E-state index contributed by atoms with van der Waals surface area (Å²) in [5, 5.41) is 2.77. The molecule has 0 radical (unpaired) electrons. The van der Waals surface area contributed by atoms with Crippen molar-refractivity contribution in [3.8, 4) is 11.8 Å². The second-order valence-corrected chi connectivity index (χ2v) is 6.08. The van der Waals surface area contributed by atoms with Crippen molar-refractivity contribution in [3.05, 3.63) is 58.9 Å². The van der Waals surface area contributed by atoms with Gasteiger partial charge in [-0.2, -0.15) is 0 Å². The van der Waals surface area contributed by atoms with Crippen molar-refractivity contribution in [2.75, 3.05) is 26.3 Å². The molecule has 1 aromatic heterocycles. The van der Waals surface area contributed by atoms with Crippen LogP contribution in [0.2, 0.25) is 0 Å². The summed E-state index contributed by atoms with van der Waals surface area (Å²) in [4.78, 5) is 13.9. The van der Waals surface area contributed by atoms with Gasteiger partial charge in [-0.05, 0) is 23.8 Å². The Bertz CT molecular complexity index is 805. The molecule has 0 spiro atoms. The zero-order valence-corrected chi connectivity index (χ0v) is 13.4. The summed E-state index contributed by atoms with van der Waals surface area (Å²) in [5.74, 6) is 6.30. The number of rotatable bonds is 2. The summed E-state index contributed by atoms with van der Waals surface area (Å²) in [6, 6.07) is 10.3. The van der Waals surface area contributed by atoms with Gasteiger partial charge in [-0.3, -0.25) is 9.47 Å². The number of morpholine rings is 1. The van der Waals surface area contributed by atoms with E-state index in [2.05, 4.69) is 46.3 Å². The van der Waals surface area contributed by atoms with E-state index in [0.717, 1.165) is 49.7 Å². The number of hydrogen-bond acceptors (Lipinski definition) is 3. The molecule has 4 rings (SSSR count). The molecule has 1 amide bonds. The number of aromatic nitrogens is 1. The molecule has 0 saturated carbocycles. The van der Waals surface area contributed by atoms with Crippen LogP contribution in [0.15, 0.2) is 36.5 Å². The standard InChI is InChI=1S/C19H19N3O2/c23-19-20-12-18-11-17(14-22(18)19)6-3-15-1-4-16(5-2-15)13-21-7-9-24-10-8-21/h1-2,4-5,11,14H,7-10,12-13H2,(H,20,23). The van der Waals surface area contributed by atoms with E-state index in [-0.39, 0.29) is 6.03 Å². The van der Waals surface area contributed by atoms with Gasteiger partial charge in [-0.25, -0.2) is 4.79 Å². The maximum Gasteiger partial charge on any atom is 0.326 e. The number of carbonyl (C=O) groups excluding carboxylic acids is 1. The van der Waals surface area contributed by atoms with Gasteiger partial charge in [0.15, 0.2) is 0 Å². The zero-order chi connectivity index (χ0) is 16.4. The molecule has 2 aliphatic rings.